The predicted octanol–water partition coefficient (Wildman–Crippen LogP) is 1.41. The third-order valence-corrected chi connectivity index (χ3v) is 5.52. The quantitative estimate of drug-likeness (QED) is 0.789. The molecule has 98 valence electrons. The maximum Gasteiger partial charge on any atom is 0.246 e. The minimum Gasteiger partial charge on any atom is -0.338 e. The molecule has 1 fully saturated rings. The van der Waals surface area contributed by atoms with E-state index in [1.54, 1.807) is 24.5 Å². The summed E-state index contributed by atoms with van der Waals surface area (Å²) in [6.07, 6.45) is 3.78. The molecule has 0 bridgehead atoms. The Bertz CT molecular complexity index is 546. The lowest BCUT2D eigenvalue weighted by Gasteiger charge is -2.21. The Kier molecular flexibility index (Phi) is 3.87. The van der Waals surface area contributed by atoms with Crippen molar-refractivity contribution in [3.05, 3.63) is 28.5 Å². The van der Waals surface area contributed by atoms with E-state index >= 15 is 0 Å². The van der Waals surface area contributed by atoms with Crippen molar-refractivity contribution < 1.29 is 13.2 Å². The molecule has 1 amide bonds. The monoisotopic (exact) mass is 285 g/mol. The van der Waals surface area contributed by atoms with Crippen molar-refractivity contribution in [1.82, 2.24) is 4.90 Å². The van der Waals surface area contributed by atoms with Crippen molar-refractivity contribution >= 4 is 33.2 Å². The second-order valence-corrected chi connectivity index (χ2v) is 7.40. The Labute approximate surface area is 111 Å². The Hall–Kier alpha value is -1.14. The van der Waals surface area contributed by atoms with Gasteiger partial charge in [0.1, 0.15) is 0 Å². The van der Waals surface area contributed by atoms with E-state index in [9.17, 15) is 13.2 Å². The normalized spacial score (nSPS) is 22.4. The van der Waals surface area contributed by atoms with Crippen molar-refractivity contribution in [3.63, 3.8) is 0 Å². The number of hydrogen-bond acceptors (Lipinski definition) is 4. The molecule has 0 aromatic carbocycles. The highest BCUT2D eigenvalue weighted by atomic mass is 32.2. The molecule has 1 aliphatic rings. The molecular weight excluding hydrogens is 270 g/mol. The van der Waals surface area contributed by atoms with Gasteiger partial charge in [0.15, 0.2) is 9.84 Å². The molecule has 2 heterocycles. The van der Waals surface area contributed by atoms with Crippen LogP contribution in [0.4, 0.5) is 0 Å². The van der Waals surface area contributed by atoms with E-state index in [1.165, 1.54) is 11.0 Å². The van der Waals surface area contributed by atoms with E-state index in [0.29, 0.717) is 6.42 Å². The number of thiophene rings is 1. The van der Waals surface area contributed by atoms with Crippen molar-refractivity contribution in [1.29, 1.82) is 0 Å². The number of carbonyl (C=O) groups excluding carboxylic acids is 1. The summed E-state index contributed by atoms with van der Waals surface area (Å²) in [6, 6.07) is 1.74. The van der Waals surface area contributed by atoms with Crippen LogP contribution in [0.25, 0.3) is 6.08 Å². The molecule has 4 nitrogen and oxygen atoms in total. The number of amides is 1. The zero-order valence-corrected chi connectivity index (χ0v) is 11.7. The Morgan fingerprint density at radius 2 is 2.33 bits per heavy atom. The lowest BCUT2D eigenvalue weighted by molar-refractivity contribution is -0.126. The molecule has 0 aliphatic carbocycles. The molecule has 0 spiro atoms. The van der Waals surface area contributed by atoms with Gasteiger partial charge < -0.3 is 4.90 Å². The lowest BCUT2D eigenvalue weighted by Crippen LogP contribution is -2.36. The van der Waals surface area contributed by atoms with Crippen LogP contribution in [0.3, 0.4) is 0 Å². The van der Waals surface area contributed by atoms with Gasteiger partial charge in [-0.2, -0.15) is 11.3 Å². The molecule has 2 rings (SSSR count). The van der Waals surface area contributed by atoms with Gasteiger partial charge in [-0.15, -0.1) is 0 Å². The average molecular weight is 285 g/mol. The summed E-state index contributed by atoms with van der Waals surface area (Å²) in [7, 11) is -1.29. The molecule has 0 saturated carbocycles. The first kappa shape index (κ1) is 13.3. The minimum absolute atomic E-state index is 0.0849. The minimum atomic E-state index is -2.95. The third kappa shape index (κ3) is 3.20. The predicted molar refractivity (Wildman–Crippen MR) is 73.2 cm³/mol. The molecular formula is C12H15NO3S2. The van der Waals surface area contributed by atoms with Crippen LogP contribution in [-0.2, 0) is 14.6 Å². The van der Waals surface area contributed by atoms with Crippen molar-refractivity contribution in [2.75, 3.05) is 18.6 Å². The summed E-state index contributed by atoms with van der Waals surface area (Å²) in [6.45, 7) is 0. The summed E-state index contributed by atoms with van der Waals surface area (Å²) in [5.41, 5.74) is 0.987. The number of nitrogens with zero attached hydrogens (tertiary/aromatic N) is 1. The topological polar surface area (TPSA) is 54.5 Å². The Morgan fingerprint density at radius 1 is 1.56 bits per heavy atom. The first-order chi connectivity index (χ1) is 8.48. The van der Waals surface area contributed by atoms with Crippen LogP contribution in [0.15, 0.2) is 22.9 Å². The van der Waals surface area contributed by atoms with Crippen LogP contribution < -0.4 is 0 Å². The van der Waals surface area contributed by atoms with Crippen molar-refractivity contribution in [2.45, 2.75) is 12.5 Å². The first-order valence-corrected chi connectivity index (χ1v) is 8.42. The van der Waals surface area contributed by atoms with Gasteiger partial charge in [0, 0.05) is 19.2 Å². The van der Waals surface area contributed by atoms with Crippen LogP contribution in [0.2, 0.25) is 0 Å². The Balaban J connectivity index is 1.97. The van der Waals surface area contributed by atoms with Gasteiger partial charge in [-0.3, -0.25) is 4.79 Å². The van der Waals surface area contributed by atoms with E-state index in [2.05, 4.69) is 0 Å². The highest BCUT2D eigenvalue weighted by molar-refractivity contribution is 7.91. The molecule has 1 aliphatic heterocycles. The maximum atomic E-state index is 11.9. The molecule has 0 radical (unpaired) electrons. The maximum absolute atomic E-state index is 11.9. The fraction of sp³-hybridized carbons (Fsp3) is 0.417. The number of rotatable bonds is 3. The van der Waals surface area contributed by atoms with E-state index in [0.717, 1.165) is 5.56 Å². The lowest BCUT2D eigenvalue weighted by atomic mass is 10.2. The van der Waals surface area contributed by atoms with Gasteiger partial charge in [-0.1, -0.05) is 0 Å². The van der Waals surface area contributed by atoms with E-state index < -0.39 is 9.84 Å². The molecule has 0 N–H and O–H groups in total. The van der Waals surface area contributed by atoms with Crippen molar-refractivity contribution in [3.8, 4) is 0 Å². The molecule has 18 heavy (non-hydrogen) atoms. The molecule has 1 atom stereocenters. The molecule has 1 aromatic rings. The average Bonchev–Trinajstić information content (AvgIpc) is 2.94. The van der Waals surface area contributed by atoms with Crippen LogP contribution in [0.5, 0.6) is 0 Å². The number of likely N-dealkylation sites (N-methyl/N-ethyl adjacent to an activating group) is 1. The second kappa shape index (κ2) is 5.24. The second-order valence-electron chi connectivity index (χ2n) is 4.40. The van der Waals surface area contributed by atoms with Gasteiger partial charge in [0.2, 0.25) is 5.91 Å². The number of hydrogen-bond donors (Lipinski definition) is 0. The fourth-order valence-electron chi connectivity index (χ4n) is 1.92. The highest BCUT2D eigenvalue weighted by Crippen LogP contribution is 2.17. The van der Waals surface area contributed by atoms with Crippen molar-refractivity contribution in [2.24, 2.45) is 0 Å². The summed E-state index contributed by atoms with van der Waals surface area (Å²) >= 11 is 1.57. The smallest absolute Gasteiger partial charge is 0.246 e. The number of sulfone groups is 1. The van der Waals surface area contributed by atoms with Crippen LogP contribution >= 0.6 is 11.3 Å². The number of carbonyl (C=O) groups is 1. The van der Waals surface area contributed by atoms with Gasteiger partial charge in [-0.05, 0) is 34.9 Å². The van der Waals surface area contributed by atoms with E-state index in [4.69, 9.17) is 0 Å². The molecule has 6 heteroatoms. The van der Waals surface area contributed by atoms with Gasteiger partial charge >= 0.3 is 0 Å². The van der Waals surface area contributed by atoms with E-state index in [-0.39, 0.29) is 23.5 Å². The van der Waals surface area contributed by atoms with Crippen LogP contribution in [0, 0.1) is 0 Å². The summed E-state index contributed by atoms with van der Waals surface area (Å²) in [5, 5.41) is 3.89. The summed E-state index contributed by atoms with van der Waals surface area (Å²) in [5.74, 6) is 0.119. The summed E-state index contributed by atoms with van der Waals surface area (Å²) in [4.78, 5) is 13.4. The van der Waals surface area contributed by atoms with Crippen LogP contribution in [-0.4, -0.2) is 43.8 Å². The Morgan fingerprint density at radius 3 is 2.89 bits per heavy atom. The zero-order chi connectivity index (χ0) is 13.2. The van der Waals surface area contributed by atoms with Crippen LogP contribution in [0.1, 0.15) is 12.0 Å². The highest BCUT2D eigenvalue weighted by Gasteiger charge is 2.31. The van der Waals surface area contributed by atoms with E-state index in [1.807, 2.05) is 16.8 Å². The third-order valence-electron chi connectivity index (χ3n) is 3.07. The van der Waals surface area contributed by atoms with Gasteiger partial charge in [0.25, 0.3) is 0 Å². The molecule has 1 unspecified atom stereocenters. The standard InChI is InChI=1S/C12H15NO3S2/c1-13(11-5-7-18(15,16)9-11)12(14)3-2-10-4-6-17-8-10/h2-4,6,8,11H,5,7,9H2,1H3. The van der Waals surface area contributed by atoms with Gasteiger partial charge in [0.05, 0.1) is 11.5 Å². The fourth-order valence-corrected chi connectivity index (χ4v) is 4.32. The SMILES string of the molecule is CN(C(=O)C=Cc1ccsc1)C1CCS(=O)(=O)C1. The molecule has 1 saturated heterocycles. The molecule has 1 aromatic heterocycles. The summed E-state index contributed by atoms with van der Waals surface area (Å²) < 4.78 is 22.7. The first-order valence-electron chi connectivity index (χ1n) is 5.65. The van der Waals surface area contributed by atoms with Gasteiger partial charge in [-0.25, -0.2) is 8.42 Å². The largest absolute Gasteiger partial charge is 0.338 e. The zero-order valence-electron chi connectivity index (χ0n) is 10.1.